The van der Waals surface area contributed by atoms with E-state index in [0.29, 0.717) is 24.4 Å². The van der Waals surface area contributed by atoms with Gasteiger partial charge in [-0.2, -0.15) is 0 Å². The monoisotopic (exact) mass is 340 g/mol. The van der Waals surface area contributed by atoms with Gasteiger partial charge in [-0.15, -0.1) is 0 Å². The van der Waals surface area contributed by atoms with Crippen LogP contribution < -0.4 is 15.8 Å². The van der Waals surface area contributed by atoms with E-state index >= 15 is 0 Å². The Balaban J connectivity index is 1.74. The van der Waals surface area contributed by atoms with Crippen LogP contribution in [0.15, 0.2) is 53.0 Å². The third kappa shape index (κ3) is 3.74. The van der Waals surface area contributed by atoms with Gasteiger partial charge >= 0.3 is 0 Å². The molecule has 1 aromatic carbocycles. The number of primary amides is 1. The smallest absolute Gasteiger partial charge is 0.287 e. The minimum absolute atomic E-state index is 0.190. The molecule has 2 amide bonds. The van der Waals surface area contributed by atoms with Gasteiger partial charge in [0.15, 0.2) is 5.76 Å². The van der Waals surface area contributed by atoms with Crippen LogP contribution in [0.3, 0.4) is 0 Å². The molecule has 1 aromatic heterocycles. The number of nitrogens with two attached hydrogens (primary N) is 1. The quantitative estimate of drug-likeness (QED) is 0.818. The summed E-state index contributed by atoms with van der Waals surface area (Å²) in [6, 6.07) is 10.4. The number of hydrogen-bond donors (Lipinski definition) is 2. The predicted octanol–water partition coefficient (Wildman–Crippen LogP) is 2.51. The summed E-state index contributed by atoms with van der Waals surface area (Å²) in [6.07, 6.45) is 4.95. The maximum absolute atomic E-state index is 12.4. The molecular formula is C19H20N2O4. The molecule has 25 heavy (non-hydrogen) atoms. The fourth-order valence-electron chi connectivity index (χ4n) is 2.92. The zero-order chi connectivity index (χ0) is 17.8. The van der Waals surface area contributed by atoms with Crippen LogP contribution in [0.1, 0.15) is 23.4 Å². The van der Waals surface area contributed by atoms with E-state index in [2.05, 4.69) is 5.32 Å². The summed E-state index contributed by atoms with van der Waals surface area (Å²) in [5.41, 5.74) is 6.23. The molecule has 0 fully saturated rings. The molecule has 6 heteroatoms. The van der Waals surface area contributed by atoms with Gasteiger partial charge in [-0.3, -0.25) is 9.59 Å². The number of ether oxygens (including phenoxy) is 1. The van der Waals surface area contributed by atoms with Gasteiger partial charge in [0.1, 0.15) is 11.5 Å². The molecule has 2 aromatic rings. The molecule has 2 atom stereocenters. The minimum atomic E-state index is -0.411. The summed E-state index contributed by atoms with van der Waals surface area (Å²) in [6.45, 7) is 0. The van der Waals surface area contributed by atoms with Crippen LogP contribution in [0.5, 0.6) is 5.75 Å². The first-order chi connectivity index (χ1) is 12.1. The number of benzene rings is 1. The van der Waals surface area contributed by atoms with E-state index < -0.39 is 11.8 Å². The highest BCUT2D eigenvalue weighted by atomic mass is 16.5. The van der Waals surface area contributed by atoms with Gasteiger partial charge < -0.3 is 20.2 Å². The largest absolute Gasteiger partial charge is 0.497 e. The number of carbonyl (C=O) groups is 2. The molecule has 0 bridgehead atoms. The Morgan fingerprint density at radius 1 is 1.20 bits per heavy atom. The summed E-state index contributed by atoms with van der Waals surface area (Å²) in [7, 11) is 1.59. The van der Waals surface area contributed by atoms with E-state index in [1.807, 2.05) is 36.4 Å². The zero-order valence-electron chi connectivity index (χ0n) is 13.9. The first kappa shape index (κ1) is 16.8. The Hall–Kier alpha value is -3.02. The number of amides is 2. The van der Waals surface area contributed by atoms with Gasteiger partial charge in [-0.1, -0.05) is 24.3 Å². The average Bonchev–Trinajstić information content (AvgIpc) is 3.12. The standard InChI is InChI=1S/C19H20N2O4/c1-24-13-6-4-5-12(11-13)16-9-10-17(25-16)19(23)21-15-8-3-2-7-14(15)18(20)22/h2-6,9-11,14-15H,7-8H2,1H3,(H2,20,22)(H,21,23)/t14-,15-/m1/s1. The molecular weight excluding hydrogens is 320 g/mol. The second-order valence-electron chi connectivity index (χ2n) is 5.93. The molecule has 1 heterocycles. The highest BCUT2D eigenvalue weighted by Gasteiger charge is 2.29. The van der Waals surface area contributed by atoms with Crippen LogP contribution in [0.2, 0.25) is 0 Å². The lowest BCUT2D eigenvalue weighted by Gasteiger charge is -2.26. The van der Waals surface area contributed by atoms with Crippen molar-refractivity contribution in [2.45, 2.75) is 18.9 Å². The van der Waals surface area contributed by atoms with Crippen molar-refractivity contribution in [2.75, 3.05) is 7.11 Å². The third-order valence-corrected chi connectivity index (χ3v) is 4.30. The van der Waals surface area contributed by atoms with E-state index in [0.717, 1.165) is 5.56 Å². The molecule has 0 saturated heterocycles. The Kier molecular flexibility index (Phi) is 4.88. The lowest BCUT2D eigenvalue weighted by molar-refractivity contribution is -0.122. The maximum Gasteiger partial charge on any atom is 0.287 e. The van der Waals surface area contributed by atoms with Crippen molar-refractivity contribution in [3.8, 4) is 17.1 Å². The highest BCUT2D eigenvalue weighted by Crippen LogP contribution is 2.26. The Labute approximate surface area is 145 Å². The second-order valence-corrected chi connectivity index (χ2v) is 5.93. The molecule has 130 valence electrons. The fourth-order valence-corrected chi connectivity index (χ4v) is 2.92. The topological polar surface area (TPSA) is 94.6 Å². The molecule has 0 unspecified atom stereocenters. The summed E-state index contributed by atoms with van der Waals surface area (Å²) in [5, 5.41) is 2.84. The van der Waals surface area contributed by atoms with Crippen LogP contribution in [0, 0.1) is 5.92 Å². The van der Waals surface area contributed by atoms with Crippen LogP contribution in [-0.4, -0.2) is 25.0 Å². The number of nitrogens with one attached hydrogen (secondary N) is 1. The fraction of sp³-hybridized carbons (Fsp3) is 0.263. The predicted molar refractivity (Wildman–Crippen MR) is 93.0 cm³/mol. The average molecular weight is 340 g/mol. The second kappa shape index (κ2) is 7.25. The number of carbonyl (C=O) groups excluding carboxylic acids is 2. The van der Waals surface area contributed by atoms with Crippen molar-refractivity contribution in [3.05, 3.63) is 54.3 Å². The van der Waals surface area contributed by atoms with Gasteiger partial charge in [-0.05, 0) is 37.1 Å². The lowest BCUT2D eigenvalue weighted by Crippen LogP contribution is -2.46. The summed E-state index contributed by atoms with van der Waals surface area (Å²) in [4.78, 5) is 24.0. The SMILES string of the molecule is COc1cccc(-c2ccc(C(=O)N[C@@H]3CC=CC[C@H]3C(N)=O)o2)c1. The molecule has 3 rings (SSSR count). The van der Waals surface area contributed by atoms with E-state index in [9.17, 15) is 9.59 Å². The maximum atomic E-state index is 12.4. The number of rotatable bonds is 5. The lowest BCUT2D eigenvalue weighted by atomic mass is 9.88. The van der Waals surface area contributed by atoms with Crippen LogP contribution in [0.25, 0.3) is 11.3 Å². The van der Waals surface area contributed by atoms with Crippen molar-refractivity contribution >= 4 is 11.8 Å². The molecule has 0 saturated carbocycles. The number of furan rings is 1. The normalized spacial score (nSPS) is 19.4. The first-order valence-electron chi connectivity index (χ1n) is 8.08. The third-order valence-electron chi connectivity index (χ3n) is 4.30. The van der Waals surface area contributed by atoms with Crippen molar-refractivity contribution in [3.63, 3.8) is 0 Å². The number of allylic oxidation sites excluding steroid dienone is 1. The molecule has 0 spiro atoms. The number of methoxy groups -OCH3 is 1. The van der Waals surface area contributed by atoms with Gasteiger partial charge in [0.05, 0.1) is 13.0 Å². The van der Waals surface area contributed by atoms with Crippen LogP contribution in [0.4, 0.5) is 0 Å². The van der Waals surface area contributed by atoms with Crippen LogP contribution >= 0.6 is 0 Å². The molecule has 0 radical (unpaired) electrons. The Morgan fingerprint density at radius 2 is 2.00 bits per heavy atom. The summed E-state index contributed by atoms with van der Waals surface area (Å²) >= 11 is 0. The van der Waals surface area contributed by atoms with E-state index in [-0.39, 0.29) is 17.7 Å². The molecule has 1 aliphatic rings. The molecule has 3 N–H and O–H groups in total. The van der Waals surface area contributed by atoms with Crippen molar-refractivity contribution < 1.29 is 18.7 Å². The van der Waals surface area contributed by atoms with Crippen molar-refractivity contribution in [1.29, 1.82) is 0 Å². The summed E-state index contributed by atoms with van der Waals surface area (Å²) < 4.78 is 10.9. The van der Waals surface area contributed by atoms with E-state index in [1.165, 1.54) is 0 Å². The molecule has 0 aliphatic heterocycles. The first-order valence-corrected chi connectivity index (χ1v) is 8.08. The number of hydrogen-bond acceptors (Lipinski definition) is 4. The van der Waals surface area contributed by atoms with Crippen molar-refractivity contribution in [1.82, 2.24) is 5.32 Å². The molecule has 6 nitrogen and oxygen atoms in total. The van der Waals surface area contributed by atoms with Gasteiger partial charge in [0, 0.05) is 11.6 Å². The summed E-state index contributed by atoms with van der Waals surface area (Å²) in [5.74, 6) is 0.293. The van der Waals surface area contributed by atoms with Crippen molar-refractivity contribution in [2.24, 2.45) is 11.7 Å². The van der Waals surface area contributed by atoms with Gasteiger partial charge in [0.25, 0.3) is 5.91 Å². The molecule has 1 aliphatic carbocycles. The van der Waals surface area contributed by atoms with E-state index in [4.69, 9.17) is 14.9 Å². The van der Waals surface area contributed by atoms with Gasteiger partial charge in [-0.25, -0.2) is 0 Å². The van der Waals surface area contributed by atoms with Crippen LogP contribution in [-0.2, 0) is 4.79 Å². The Morgan fingerprint density at radius 3 is 2.76 bits per heavy atom. The van der Waals surface area contributed by atoms with Gasteiger partial charge in [0.2, 0.25) is 5.91 Å². The van der Waals surface area contributed by atoms with E-state index in [1.54, 1.807) is 19.2 Å². The highest BCUT2D eigenvalue weighted by molar-refractivity contribution is 5.93. The minimum Gasteiger partial charge on any atom is -0.497 e. The zero-order valence-corrected chi connectivity index (χ0v) is 13.9. The Bertz CT molecular complexity index is 809.